The highest BCUT2D eigenvalue weighted by Crippen LogP contribution is 2.26. The first-order valence-electron chi connectivity index (χ1n) is 6.90. The zero-order valence-electron chi connectivity index (χ0n) is 11.2. The van der Waals surface area contributed by atoms with Crippen molar-refractivity contribution in [2.45, 2.75) is 12.8 Å². The van der Waals surface area contributed by atoms with Crippen LogP contribution in [0.4, 0.5) is 5.95 Å². The number of nitrogens with zero attached hydrogens (tertiary/aromatic N) is 3. The van der Waals surface area contributed by atoms with Gasteiger partial charge in [0, 0.05) is 18.7 Å². The maximum atomic E-state index is 6.18. The highest BCUT2D eigenvalue weighted by molar-refractivity contribution is 6.33. The summed E-state index contributed by atoms with van der Waals surface area (Å²) in [4.78, 5) is 6.76. The summed E-state index contributed by atoms with van der Waals surface area (Å²) in [5.74, 6) is 2.09. The van der Waals surface area contributed by atoms with Crippen LogP contribution in [0.5, 0.6) is 0 Å². The van der Waals surface area contributed by atoms with E-state index in [4.69, 9.17) is 17.3 Å². The Bertz CT molecular complexity index is 574. The summed E-state index contributed by atoms with van der Waals surface area (Å²) in [6, 6.07) is 7.63. The Kier molecular flexibility index (Phi) is 3.89. The number of hydrogen-bond acceptors (Lipinski definition) is 4. The monoisotopic (exact) mass is 291 g/mol. The molecule has 1 fully saturated rings. The maximum Gasteiger partial charge on any atom is 0.245 e. The second-order valence-electron chi connectivity index (χ2n) is 5.13. The number of aromatic nitrogens is 3. The average Bonchev–Trinajstić information content (AvgIpc) is 2.97. The summed E-state index contributed by atoms with van der Waals surface area (Å²) < 4.78 is 0. The Morgan fingerprint density at radius 3 is 2.75 bits per heavy atom. The molecule has 0 radical (unpaired) electrons. The third kappa shape index (κ3) is 2.64. The van der Waals surface area contributed by atoms with Crippen molar-refractivity contribution in [2.75, 3.05) is 24.5 Å². The van der Waals surface area contributed by atoms with E-state index in [0.717, 1.165) is 44.0 Å². The first-order chi connectivity index (χ1) is 9.78. The summed E-state index contributed by atoms with van der Waals surface area (Å²) in [6.07, 6.45) is 2.21. The molecule has 2 heterocycles. The largest absolute Gasteiger partial charge is 0.340 e. The Labute approximate surface area is 123 Å². The van der Waals surface area contributed by atoms with E-state index in [9.17, 15) is 0 Å². The van der Waals surface area contributed by atoms with Gasteiger partial charge in [0.05, 0.1) is 5.02 Å². The van der Waals surface area contributed by atoms with E-state index in [0.29, 0.717) is 16.8 Å². The smallest absolute Gasteiger partial charge is 0.245 e. The standard InChI is InChI=1S/C14H18ClN5/c15-12-4-2-1-3-11(12)13-17-14(19-18-13)20-7-5-10(9-16)6-8-20/h1-4,10H,5-9,16H2,(H,17,18,19). The lowest BCUT2D eigenvalue weighted by atomic mass is 9.97. The SMILES string of the molecule is NCC1CCN(c2n[nH]c(-c3ccccc3Cl)n2)CC1. The molecule has 0 spiro atoms. The van der Waals surface area contributed by atoms with Gasteiger partial charge in [-0.05, 0) is 37.4 Å². The molecule has 0 amide bonds. The van der Waals surface area contributed by atoms with Crippen LogP contribution in [0.25, 0.3) is 11.4 Å². The third-order valence-electron chi connectivity index (χ3n) is 3.83. The molecule has 1 saturated heterocycles. The highest BCUT2D eigenvalue weighted by Gasteiger charge is 2.21. The Hall–Kier alpha value is -1.59. The van der Waals surface area contributed by atoms with Gasteiger partial charge in [0.1, 0.15) is 0 Å². The second-order valence-corrected chi connectivity index (χ2v) is 5.54. The van der Waals surface area contributed by atoms with Crippen LogP contribution in [0.2, 0.25) is 5.02 Å². The van der Waals surface area contributed by atoms with Gasteiger partial charge in [-0.2, -0.15) is 4.98 Å². The van der Waals surface area contributed by atoms with Gasteiger partial charge in [-0.1, -0.05) is 23.7 Å². The van der Waals surface area contributed by atoms with Gasteiger partial charge in [0.2, 0.25) is 5.95 Å². The predicted molar refractivity (Wildman–Crippen MR) is 80.8 cm³/mol. The first kappa shape index (κ1) is 13.4. The van der Waals surface area contributed by atoms with Gasteiger partial charge < -0.3 is 10.6 Å². The number of benzene rings is 1. The number of piperidine rings is 1. The third-order valence-corrected chi connectivity index (χ3v) is 4.16. The van der Waals surface area contributed by atoms with E-state index < -0.39 is 0 Å². The molecule has 0 saturated carbocycles. The van der Waals surface area contributed by atoms with Crippen molar-refractivity contribution in [2.24, 2.45) is 11.7 Å². The van der Waals surface area contributed by atoms with Gasteiger partial charge in [0.15, 0.2) is 5.82 Å². The molecule has 0 bridgehead atoms. The lowest BCUT2D eigenvalue weighted by molar-refractivity contribution is 0.411. The Morgan fingerprint density at radius 2 is 2.05 bits per heavy atom. The zero-order valence-corrected chi connectivity index (χ0v) is 12.0. The van der Waals surface area contributed by atoms with Crippen LogP contribution in [-0.4, -0.2) is 34.8 Å². The molecule has 2 aromatic rings. The molecule has 1 aliphatic rings. The molecule has 3 rings (SSSR count). The zero-order chi connectivity index (χ0) is 13.9. The first-order valence-corrected chi connectivity index (χ1v) is 7.28. The van der Waals surface area contributed by atoms with Crippen molar-refractivity contribution in [3.63, 3.8) is 0 Å². The quantitative estimate of drug-likeness (QED) is 0.910. The number of anilines is 1. The van der Waals surface area contributed by atoms with Gasteiger partial charge >= 0.3 is 0 Å². The van der Waals surface area contributed by atoms with Crippen molar-refractivity contribution in [1.82, 2.24) is 15.2 Å². The van der Waals surface area contributed by atoms with Crippen molar-refractivity contribution < 1.29 is 0 Å². The van der Waals surface area contributed by atoms with E-state index in [1.165, 1.54) is 0 Å². The number of H-pyrrole nitrogens is 1. The van der Waals surface area contributed by atoms with Gasteiger partial charge in [-0.3, -0.25) is 5.10 Å². The summed E-state index contributed by atoms with van der Waals surface area (Å²) >= 11 is 6.18. The molecule has 3 N–H and O–H groups in total. The normalized spacial score (nSPS) is 16.6. The molecule has 106 valence electrons. The molecule has 20 heavy (non-hydrogen) atoms. The number of rotatable bonds is 3. The summed E-state index contributed by atoms with van der Waals surface area (Å²) in [5, 5.41) is 7.96. The highest BCUT2D eigenvalue weighted by atomic mass is 35.5. The number of nitrogens with one attached hydrogen (secondary N) is 1. The summed E-state index contributed by atoms with van der Waals surface area (Å²) in [7, 11) is 0. The number of hydrogen-bond donors (Lipinski definition) is 2. The van der Waals surface area contributed by atoms with Crippen molar-refractivity contribution in [1.29, 1.82) is 0 Å². The van der Waals surface area contributed by atoms with Gasteiger partial charge in [-0.25, -0.2) is 0 Å². The maximum absolute atomic E-state index is 6.18. The minimum absolute atomic E-state index is 0.633. The van der Waals surface area contributed by atoms with Gasteiger partial charge in [0.25, 0.3) is 0 Å². The molecule has 6 heteroatoms. The van der Waals surface area contributed by atoms with Crippen LogP contribution in [0.1, 0.15) is 12.8 Å². The number of nitrogens with two attached hydrogens (primary N) is 1. The molecular formula is C14H18ClN5. The fourth-order valence-electron chi connectivity index (χ4n) is 2.54. The molecule has 0 atom stereocenters. The number of halogens is 1. The minimum Gasteiger partial charge on any atom is -0.340 e. The molecule has 1 aromatic carbocycles. The lowest BCUT2D eigenvalue weighted by Gasteiger charge is -2.30. The number of aromatic amines is 1. The summed E-state index contributed by atoms with van der Waals surface area (Å²) in [5.41, 5.74) is 6.59. The molecular weight excluding hydrogens is 274 g/mol. The van der Waals surface area contributed by atoms with Crippen LogP contribution in [-0.2, 0) is 0 Å². The predicted octanol–water partition coefficient (Wildman–Crippen LogP) is 2.30. The minimum atomic E-state index is 0.633. The molecule has 1 aromatic heterocycles. The van der Waals surface area contributed by atoms with Crippen LogP contribution >= 0.6 is 11.6 Å². The molecule has 5 nitrogen and oxygen atoms in total. The fraction of sp³-hybridized carbons (Fsp3) is 0.429. The van der Waals surface area contributed by atoms with Crippen molar-refractivity contribution in [3.8, 4) is 11.4 Å². The Balaban J connectivity index is 1.76. The van der Waals surface area contributed by atoms with E-state index in [-0.39, 0.29) is 0 Å². The molecule has 0 aliphatic carbocycles. The van der Waals surface area contributed by atoms with E-state index in [1.807, 2.05) is 24.3 Å². The van der Waals surface area contributed by atoms with E-state index in [2.05, 4.69) is 20.1 Å². The average molecular weight is 292 g/mol. The fourth-order valence-corrected chi connectivity index (χ4v) is 2.76. The van der Waals surface area contributed by atoms with Crippen LogP contribution in [0.15, 0.2) is 24.3 Å². The summed E-state index contributed by atoms with van der Waals surface area (Å²) in [6.45, 7) is 2.69. The van der Waals surface area contributed by atoms with Crippen LogP contribution in [0, 0.1) is 5.92 Å². The van der Waals surface area contributed by atoms with Crippen LogP contribution in [0.3, 0.4) is 0 Å². The second kappa shape index (κ2) is 5.81. The van der Waals surface area contributed by atoms with Gasteiger partial charge in [-0.15, -0.1) is 5.10 Å². The van der Waals surface area contributed by atoms with E-state index in [1.54, 1.807) is 0 Å². The molecule has 0 unspecified atom stereocenters. The topological polar surface area (TPSA) is 70.8 Å². The van der Waals surface area contributed by atoms with E-state index >= 15 is 0 Å². The lowest BCUT2D eigenvalue weighted by Crippen LogP contribution is -2.36. The van der Waals surface area contributed by atoms with Crippen molar-refractivity contribution >= 4 is 17.5 Å². The van der Waals surface area contributed by atoms with Crippen LogP contribution < -0.4 is 10.6 Å². The van der Waals surface area contributed by atoms with Crippen molar-refractivity contribution in [3.05, 3.63) is 29.3 Å². The molecule has 1 aliphatic heterocycles. The Morgan fingerprint density at radius 1 is 1.30 bits per heavy atom.